The highest BCUT2D eigenvalue weighted by molar-refractivity contribution is 6.18. The van der Waals surface area contributed by atoms with Crippen LogP contribution in [0.2, 0.25) is 0 Å². The van der Waals surface area contributed by atoms with E-state index in [0.717, 1.165) is 0 Å². The first-order chi connectivity index (χ1) is 13.6. The quantitative estimate of drug-likeness (QED) is 0.326. The molecule has 0 amide bonds. The minimum Gasteiger partial charge on any atom is -0.501 e. The van der Waals surface area contributed by atoms with Crippen molar-refractivity contribution in [3.8, 4) is 0 Å². The number of rotatable bonds is 5. The number of ether oxygens (including phenoxy) is 1. The van der Waals surface area contributed by atoms with Gasteiger partial charge in [0, 0.05) is 0 Å². The second-order valence-electron chi connectivity index (χ2n) is 7.17. The van der Waals surface area contributed by atoms with Crippen LogP contribution >= 0.6 is 0 Å². The molecule has 3 aromatic rings. The summed E-state index contributed by atoms with van der Waals surface area (Å²) in [5, 5.41) is 5.24. The first-order valence-corrected chi connectivity index (χ1v) is 10.1. The molecule has 0 heterocycles. The van der Waals surface area contributed by atoms with Gasteiger partial charge in [0.25, 0.3) is 0 Å². The van der Waals surface area contributed by atoms with Gasteiger partial charge in [0.15, 0.2) is 0 Å². The van der Waals surface area contributed by atoms with Crippen molar-refractivity contribution >= 4 is 39.8 Å². The molecule has 0 fully saturated rings. The zero-order chi connectivity index (χ0) is 20.3. The number of benzene rings is 3. The third-order valence-corrected chi connectivity index (χ3v) is 5.60. The summed E-state index contributed by atoms with van der Waals surface area (Å²) in [4.78, 5) is 0. The topological polar surface area (TPSA) is 9.23 Å². The van der Waals surface area contributed by atoms with Crippen molar-refractivity contribution in [1.82, 2.24) is 0 Å². The van der Waals surface area contributed by atoms with Crippen LogP contribution in [0.1, 0.15) is 54.2 Å². The molecule has 28 heavy (non-hydrogen) atoms. The molecule has 0 saturated carbocycles. The summed E-state index contributed by atoms with van der Waals surface area (Å²) in [5.74, 6) is 0. The largest absolute Gasteiger partial charge is 0.501 e. The van der Waals surface area contributed by atoms with E-state index in [-0.39, 0.29) is 0 Å². The Bertz CT molecular complexity index is 1110. The normalized spacial score (nSPS) is 12.4. The third-order valence-electron chi connectivity index (χ3n) is 5.60. The molecular formula is C27H30O. The first kappa shape index (κ1) is 19.9. The molecule has 0 atom stereocenters. The van der Waals surface area contributed by atoms with Crippen LogP contribution in [0.25, 0.3) is 39.8 Å². The predicted molar refractivity (Wildman–Crippen MR) is 126 cm³/mol. The van der Waals surface area contributed by atoms with E-state index in [1.807, 2.05) is 13.2 Å². The zero-order valence-corrected chi connectivity index (χ0v) is 17.9. The van der Waals surface area contributed by atoms with Crippen LogP contribution in [0.15, 0.2) is 42.7 Å². The van der Waals surface area contributed by atoms with E-state index in [2.05, 4.69) is 89.3 Å². The first-order valence-electron chi connectivity index (χ1n) is 10.1. The van der Waals surface area contributed by atoms with Gasteiger partial charge in [0.05, 0.1) is 12.9 Å². The van der Waals surface area contributed by atoms with Gasteiger partial charge in [-0.05, 0) is 103 Å². The molecule has 0 spiro atoms. The maximum absolute atomic E-state index is 5.57. The average molecular weight is 371 g/mol. The summed E-state index contributed by atoms with van der Waals surface area (Å²) < 4.78 is 5.57. The lowest BCUT2D eigenvalue weighted by molar-refractivity contribution is 0.272. The van der Waals surface area contributed by atoms with Gasteiger partial charge in [-0.1, -0.05) is 48.6 Å². The number of hydrogen-bond donors (Lipinski definition) is 0. The van der Waals surface area contributed by atoms with E-state index in [1.165, 1.54) is 54.9 Å². The summed E-state index contributed by atoms with van der Waals surface area (Å²) in [6.45, 7) is 13.6. The third kappa shape index (κ3) is 3.26. The molecule has 0 aliphatic heterocycles. The Morgan fingerprint density at radius 2 is 1.25 bits per heavy atom. The van der Waals surface area contributed by atoms with Gasteiger partial charge in [0.1, 0.15) is 0 Å². The Morgan fingerprint density at radius 3 is 1.82 bits per heavy atom. The van der Waals surface area contributed by atoms with E-state index in [1.54, 1.807) is 0 Å². The molecule has 0 saturated heterocycles. The molecule has 1 heteroatoms. The van der Waals surface area contributed by atoms with Crippen molar-refractivity contribution in [2.24, 2.45) is 0 Å². The van der Waals surface area contributed by atoms with E-state index in [0.29, 0.717) is 6.61 Å². The Balaban J connectivity index is 2.68. The van der Waals surface area contributed by atoms with Crippen LogP contribution in [0.5, 0.6) is 0 Å². The van der Waals surface area contributed by atoms with Crippen LogP contribution < -0.4 is 0 Å². The monoisotopic (exact) mass is 370 g/mol. The van der Waals surface area contributed by atoms with Crippen molar-refractivity contribution in [3.05, 3.63) is 76.1 Å². The van der Waals surface area contributed by atoms with Crippen LogP contribution in [-0.4, -0.2) is 6.61 Å². The van der Waals surface area contributed by atoms with Crippen molar-refractivity contribution in [2.45, 2.75) is 41.5 Å². The highest BCUT2D eigenvalue weighted by Gasteiger charge is 2.18. The van der Waals surface area contributed by atoms with Gasteiger partial charge >= 0.3 is 0 Å². The van der Waals surface area contributed by atoms with Crippen LogP contribution in [0, 0.1) is 20.8 Å². The molecule has 144 valence electrons. The van der Waals surface area contributed by atoms with Crippen molar-refractivity contribution in [2.75, 3.05) is 6.61 Å². The van der Waals surface area contributed by atoms with Crippen molar-refractivity contribution in [1.29, 1.82) is 0 Å². The van der Waals surface area contributed by atoms with Gasteiger partial charge in [0.2, 0.25) is 0 Å². The van der Waals surface area contributed by atoms with Gasteiger partial charge < -0.3 is 4.74 Å². The van der Waals surface area contributed by atoms with Gasteiger partial charge in [-0.15, -0.1) is 0 Å². The minimum atomic E-state index is 0.671. The van der Waals surface area contributed by atoms with Crippen molar-refractivity contribution in [3.63, 3.8) is 0 Å². The summed E-state index contributed by atoms with van der Waals surface area (Å²) in [7, 11) is 0. The number of aryl methyl sites for hydroxylation is 1. The highest BCUT2D eigenvalue weighted by atomic mass is 16.5. The van der Waals surface area contributed by atoms with Crippen LogP contribution in [0.4, 0.5) is 0 Å². The molecular weight excluding hydrogens is 340 g/mol. The Kier molecular flexibility index (Phi) is 6.04. The zero-order valence-electron chi connectivity index (χ0n) is 17.9. The van der Waals surface area contributed by atoms with Gasteiger partial charge in [-0.3, -0.25) is 0 Å². The second-order valence-corrected chi connectivity index (χ2v) is 7.17. The number of fused-ring (bicyclic) bond motifs is 3. The van der Waals surface area contributed by atoms with Crippen LogP contribution in [-0.2, 0) is 4.74 Å². The summed E-state index contributed by atoms with van der Waals surface area (Å²) >= 11 is 0. The Hall–Kier alpha value is -2.80. The molecule has 0 aliphatic carbocycles. The fourth-order valence-corrected chi connectivity index (χ4v) is 4.14. The van der Waals surface area contributed by atoms with E-state index < -0.39 is 0 Å². The molecule has 3 aromatic carbocycles. The summed E-state index contributed by atoms with van der Waals surface area (Å²) in [5.41, 5.74) is 7.81. The lowest BCUT2D eigenvalue weighted by Crippen LogP contribution is -1.99. The lowest BCUT2D eigenvalue weighted by atomic mass is 9.83. The van der Waals surface area contributed by atoms with Gasteiger partial charge in [-0.2, -0.15) is 0 Å². The SMILES string of the molecule is C/C=C\c1c(C)c(C)c(/C=C\C)c2c1c(/C=C\OCC)c(C)c1ccccc12. The predicted octanol–water partition coefficient (Wildman–Crippen LogP) is 7.99. The maximum atomic E-state index is 5.57. The lowest BCUT2D eigenvalue weighted by Gasteiger charge is -2.21. The average Bonchev–Trinajstić information content (AvgIpc) is 2.70. The van der Waals surface area contributed by atoms with E-state index >= 15 is 0 Å². The molecule has 1 nitrogen and oxygen atoms in total. The molecule has 0 aliphatic rings. The summed E-state index contributed by atoms with van der Waals surface area (Å²) in [6, 6.07) is 8.75. The molecule has 0 radical (unpaired) electrons. The van der Waals surface area contributed by atoms with E-state index in [4.69, 9.17) is 4.74 Å². The molecule has 0 N–H and O–H groups in total. The molecule has 0 aromatic heterocycles. The Morgan fingerprint density at radius 1 is 0.714 bits per heavy atom. The summed E-state index contributed by atoms with van der Waals surface area (Å²) in [6.07, 6.45) is 12.7. The smallest absolute Gasteiger partial charge is 0.0845 e. The highest BCUT2D eigenvalue weighted by Crippen LogP contribution is 2.41. The molecule has 0 unspecified atom stereocenters. The fourth-order valence-electron chi connectivity index (χ4n) is 4.14. The minimum absolute atomic E-state index is 0.671. The van der Waals surface area contributed by atoms with Crippen molar-refractivity contribution < 1.29 is 4.74 Å². The Labute approximate surface area is 169 Å². The molecule has 0 bridgehead atoms. The number of hydrogen-bond acceptors (Lipinski definition) is 1. The standard InChI is InChI=1S/C27H30O/c1-7-12-22-18(4)19(5)23(13-8-2)27-25-15-11-10-14-21(25)20(6)24(26(22)27)16-17-28-9-3/h7-8,10-17H,9H2,1-6H3/b12-7-,13-8-,17-16-. The second kappa shape index (κ2) is 8.48. The maximum Gasteiger partial charge on any atom is 0.0845 e. The number of allylic oxidation sites excluding steroid dienone is 2. The molecule has 3 rings (SSSR count). The van der Waals surface area contributed by atoms with Crippen LogP contribution in [0.3, 0.4) is 0 Å². The fraction of sp³-hybridized carbons (Fsp3) is 0.259. The van der Waals surface area contributed by atoms with Gasteiger partial charge in [-0.25, -0.2) is 0 Å². The van der Waals surface area contributed by atoms with E-state index in [9.17, 15) is 0 Å².